The van der Waals surface area contributed by atoms with Crippen molar-refractivity contribution in [3.63, 3.8) is 0 Å². The van der Waals surface area contributed by atoms with E-state index >= 15 is 0 Å². The minimum atomic E-state index is -3.72. The summed E-state index contributed by atoms with van der Waals surface area (Å²) in [7, 11) is -6.90. The van der Waals surface area contributed by atoms with Gasteiger partial charge in [0.2, 0.25) is 10.0 Å². The van der Waals surface area contributed by atoms with Gasteiger partial charge in [-0.25, -0.2) is 16.8 Å². The topological polar surface area (TPSA) is 84.0 Å². The Labute approximate surface area is 174 Å². The number of ether oxygens (including phenoxy) is 1. The normalized spacial score (nSPS) is 23.2. The zero-order valence-electron chi connectivity index (χ0n) is 16.9. The molecule has 0 amide bonds. The first-order chi connectivity index (χ1) is 13.8. The lowest BCUT2D eigenvalue weighted by atomic mass is 10.2. The molecule has 162 valence electrons. The predicted octanol–water partition coefficient (Wildman–Crippen LogP) is 1.51. The van der Waals surface area contributed by atoms with Crippen molar-refractivity contribution in [2.24, 2.45) is 0 Å². The zero-order chi connectivity index (χ0) is 20.9. The molecule has 0 aliphatic carbocycles. The van der Waals surface area contributed by atoms with Crippen molar-refractivity contribution in [2.45, 2.75) is 25.8 Å². The van der Waals surface area contributed by atoms with Crippen molar-refractivity contribution >= 4 is 25.9 Å². The minimum absolute atomic E-state index is 0.0504. The van der Waals surface area contributed by atoms with Crippen LogP contribution in [0.15, 0.2) is 29.7 Å². The van der Waals surface area contributed by atoms with Gasteiger partial charge in [0.15, 0.2) is 9.84 Å². The second-order valence-electron chi connectivity index (χ2n) is 7.73. The highest BCUT2D eigenvalue weighted by Gasteiger charge is 2.37. The van der Waals surface area contributed by atoms with Crippen LogP contribution in [0.1, 0.15) is 24.0 Å². The number of sulfonamides is 1. The molecule has 2 heterocycles. The molecule has 2 aliphatic rings. The minimum Gasteiger partial charge on any atom is -0.379 e. The van der Waals surface area contributed by atoms with E-state index in [1.54, 1.807) is 6.08 Å². The summed E-state index contributed by atoms with van der Waals surface area (Å²) in [4.78, 5) is 2.25. The Bertz CT molecular complexity index is 905. The predicted molar refractivity (Wildman–Crippen MR) is 115 cm³/mol. The largest absolute Gasteiger partial charge is 0.379 e. The van der Waals surface area contributed by atoms with E-state index in [0.717, 1.165) is 30.8 Å². The standard InChI is InChI=1S/C20H30N2O5S2/c1-18-3-5-19(6-4-18)7-16-29(25,26)22(20-8-15-28(23,24)17-20)10-2-9-21-11-13-27-14-12-21/h3-7,16,20H,2,8-15,17H2,1H3/b16-7+. The maximum atomic E-state index is 13.1. The Morgan fingerprint density at radius 1 is 1.21 bits per heavy atom. The number of aryl methyl sites for hydroxylation is 1. The van der Waals surface area contributed by atoms with Crippen LogP contribution in [0.4, 0.5) is 0 Å². The highest BCUT2D eigenvalue weighted by molar-refractivity contribution is 7.93. The monoisotopic (exact) mass is 442 g/mol. The second kappa shape index (κ2) is 9.70. The van der Waals surface area contributed by atoms with Gasteiger partial charge in [0.05, 0.1) is 24.7 Å². The van der Waals surface area contributed by atoms with Crippen molar-refractivity contribution in [3.8, 4) is 0 Å². The van der Waals surface area contributed by atoms with Crippen LogP contribution in [0, 0.1) is 6.92 Å². The molecular weight excluding hydrogens is 412 g/mol. The molecule has 0 aromatic heterocycles. The molecule has 3 rings (SSSR count). The van der Waals surface area contributed by atoms with Gasteiger partial charge in [-0.15, -0.1) is 0 Å². The second-order valence-corrected chi connectivity index (χ2v) is 11.7. The van der Waals surface area contributed by atoms with Gasteiger partial charge in [0.1, 0.15) is 0 Å². The molecule has 2 saturated heterocycles. The third kappa shape index (κ3) is 6.62. The number of nitrogens with zero attached hydrogens (tertiary/aromatic N) is 2. The Morgan fingerprint density at radius 3 is 2.52 bits per heavy atom. The van der Waals surface area contributed by atoms with Gasteiger partial charge in [-0.05, 0) is 37.9 Å². The quantitative estimate of drug-likeness (QED) is 0.607. The molecule has 0 saturated carbocycles. The molecular formula is C20H30N2O5S2. The van der Waals surface area contributed by atoms with Crippen molar-refractivity contribution < 1.29 is 21.6 Å². The molecule has 1 aromatic carbocycles. The molecule has 0 spiro atoms. The molecule has 2 fully saturated rings. The van der Waals surface area contributed by atoms with Crippen molar-refractivity contribution in [3.05, 3.63) is 40.8 Å². The summed E-state index contributed by atoms with van der Waals surface area (Å²) >= 11 is 0. The number of rotatable bonds is 8. The van der Waals surface area contributed by atoms with E-state index in [0.29, 0.717) is 32.6 Å². The summed E-state index contributed by atoms with van der Waals surface area (Å²) in [5.41, 5.74) is 1.90. The summed E-state index contributed by atoms with van der Waals surface area (Å²) in [5.74, 6) is -0.0447. The van der Waals surface area contributed by atoms with E-state index in [9.17, 15) is 16.8 Å². The van der Waals surface area contributed by atoms with Crippen LogP contribution >= 0.6 is 0 Å². The first-order valence-electron chi connectivity index (χ1n) is 10.0. The molecule has 7 nitrogen and oxygen atoms in total. The third-order valence-corrected chi connectivity index (χ3v) is 8.77. The lowest BCUT2D eigenvalue weighted by Crippen LogP contribution is -2.43. The molecule has 1 unspecified atom stereocenters. The van der Waals surface area contributed by atoms with Gasteiger partial charge < -0.3 is 4.74 Å². The number of sulfone groups is 1. The molecule has 2 aliphatic heterocycles. The number of morpholine rings is 1. The Balaban J connectivity index is 1.70. The van der Waals surface area contributed by atoms with Crippen LogP contribution in [-0.2, 0) is 24.6 Å². The summed E-state index contributed by atoms with van der Waals surface area (Å²) in [5, 5.41) is 1.21. The summed E-state index contributed by atoms with van der Waals surface area (Å²) < 4.78 is 56.7. The van der Waals surface area contributed by atoms with E-state index in [4.69, 9.17) is 4.74 Å². The number of benzene rings is 1. The molecule has 0 bridgehead atoms. The summed E-state index contributed by atoms with van der Waals surface area (Å²) in [6, 6.07) is 7.09. The van der Waals surface area contributed by atoms with E-state index in [2.05, 4.69) is 4.90 Å². The van der Waals surface area contributed by atoms with Crippen LogP contribution in [0.5, 0.6) is 0 Å². The lowest BCUT2D eigenvalue weighted by Gasteiger charge is -2.29. The average molecular weight is 443 g/mol. The van der Waals surface area contributed by atoms with E-state index < -0.39 is 25.9 Å². The van der Waals surface area contributed by atoms with E-state index in [1.807, 2.05) is 31.2 Å². The molecule has 0 N–H and O–H groups in total. The van der Waals surface area contributed by atoms with E-state index in [1.165, 1.54) is 9.71 Å². The molecule has 9 heteroatoms. The first-order valence-corrected chi connectivity index (χ1v) is 13.3. The van der Waals surface area contributed by atoms with Gasteiger partial charge in [-0.2, -0.15) is 4.31 Å². The maximum Gasteiger partial charge on any atom is 0.236 e. The average Bonchev–Trinajstić information content (AvgIpc) is 3.04. The van der Waals surface area contributed by atoms with Gasteiger partial charge in [0, 0.05) is 31.1 Å². The zero-order valence-corrected chi connectivity index (χ0v) is 18.5. The highest BCUT2D eigenvalue weighted by atomic mass is 32.2. The Kier molecular flexibility index (Phi) is 7.50. The van der Waals surface area contributed by atoms with Gasteiger partial charge in [0.25, 0.3) is 0 Å². The van der Waals surface area contributed by atoms with Crippen LogP contribution in [0.2, 0.25) is 0 Å². The van der Waals surface area contributed by atoms with Gasteiger partial charge in [-0.1, -0.05) is 29.8 Å². The van der Waals surface area contributed by atoms with Crippen molar-refractivity contribution in [2.75, 3.05) is 50.9 Å². The number of hydrogen-bond acceptors (Lipinski definition) is 6. The lowest BCUT2D eigenvalue weighted by molar-refractivity contribution is 0.0367. The van der Waals surface area contributed by atoms with Gasteiger partial charge >= 0.3 is 0 Å². The van der Waals surface area contributed by atoms with Crippen LogP contribution < -0.4 is 0 Å². The fraction of sp³-hybridized carbons (Fsp3) is 0.600. The van der Waals surface area contributed by atoms with Crippen LogP contribution in [0.25, 0.3) is 6.08 Å². The fourth-order valence-corrected chi connectivity index (χ4v) is 7.00. The number of hydrogen-bond donors (Lipinski definition) is 0. The Hall–Kier alpha value is -1.26. The summed E-state index contributed by atoms with van der Waals surface area (Å²) in [6.45, 7) is 6.15. The fourth-order valence-electron chi connectivity index (χ4n) is 3.72. The van der Waals surface area contributed by atoms with Crippen molar-refractivity contribution in [1.82, 2.24) is 9.21 Å². The van der Waals surface area contributed by atoms with Gasteiger partial charge in [-0.3, -0.25) is 4.90 Å². The molecule has 29 heavy (non-hydrogen) atoms. The summed E-state index contributed by atoms with van der Waals surface area (Å²) in [6.07, 6.45) is 2.60. The van der Waals surface area contributed by atoms with E-state index in [-0.39, 0.29) is 11.5 Å². The first kappa shape index (κ1) is 22.4. The molecule has 0 radical (unpaired) electrons. The van der Waals surface area contributed by atoms with Crippen LogP contribution in [0.3, 0.4) is 0 Å². The van der Waals surface area contributed by atoms with Crippen molar-refractivity contribution in [1.29, 1.82) is 0 Å². The highest BCUT2D eigenvalue weighted by Crippen LogP contribution is 2.22. The molecule has 1 aromatic rings. The smallest absolute Gasteiger partial charge is 0.236 e. The Morgan fingerprint density at radius 2 is 1.90 bits per heavy atom. The third-order valence-electron chi connectivity index (χ3n) is 5.41. The SMILES string of the molecule is Cc1ccc(/C=C/S(=O)(=O)N(CCCN2CCOCC2)C2CCS(=O)(=O)C2)cc1. The maximum absolute atomic E-state index is 13.1. The molecule has 1 atom stereocenters. The van der Waals surface area contributed by atoms with Crippen LogP contribution in [-0.4, -0.2) is 83.0 Å².